The molecule has 0 radical (unpaired) electrons. The highest BCUT2D eigenvalue weighted by Crippen LogP contribution is 2.17. The van der Waals surface area contributed by atoms with Gasteiger partial charge in [0.25, 0.3) is 0 Å². The fourth-order valence-electron chi connectivity index (χ4n) is 1.57. The summed E-state index contributed by atoms with van der Waals surface area (Å²) in [5.41, 5.74) is 0.822. The van der Waals surface area contributed by atoms with E-state index in [4.69, 9.17) is 4.74 Å². The molecule has 1 unspecified atom stereocenters. The Balaban J connectivity index is 2.33. The standard InChI is InChI=1S/C11H14N4O/c1-9(7-16-2)15-8-13-14-11(15)10-5-3-4-6-12-10/h3-6,8-9H,7H2,1-2H3. The Morgan fingerprint density at radius 2 is 2.31 bits per heavy atom. The van der Waals surface area contributed by atoms with Gasteiger partial charge in [0.1, 0.15) is 12.0 Å². The van der Waals surface area contributed by atoms with Crippen LogP contribution in [0.1, 0.15) is 13.0 Å². The number of aromatic nitrogens is 4. The van der Waals surface area contributed by atoms with Gasteiger partial charge in [-0.1, -0.05) is 6.07 Å². The quantitative estimate of drug-likeness (QED) is 0.781. The second-order valence-electron chi connectivity index (χ2n) is 3.58. The van der Waals surface area contributed by atoms with E-state index in [-0.39, 0.29) is 6.04 Å². The van der Waals surface area contributed by atoms with Gasteiger partial charge in [-0.2, -0.15) is 0 Å². The summed E-state index contributed by atoms with van der Waals surface area (Å²) in [6.45, 7) is 2.68. The van der Waals surface area contributed by atoms with Gasteiger partial charge in [-0.15, -0.1) is 10.2 Å². The lowest BCUT2D eigenvalue weighted by atomic mass is 10.3. The monoisotopic (exact) mass is 218 g/mol. The average Bonchev–Trinajstić information content (AvgIpc) is 2.79. The van der Waals surface area contributed by atoms with Crippen LogP contribution in [0.5, 0.6) is 0 Å². The van der Waals surface area contributed by atoms with Crippen molar-refractivity contribution in [3.8, 4) is 11.5 Å². The molecule has 0 aromatic carbocycles. The number of pyridine rings is 1. The molecule has 0 aliphatic carbocycles. The summed E-state index contributed by atoms with van der Waals surface area (Å²) in [6, 6.07) is 5.92. The molecule has 2 aromatic heterocycles. The maximum absolute atomic E-state index is 5.12. The molecule has 0 bridgehead atoms. The van der Waals surface area contributed by atoms with Gasteiger partial charge in [0.05, 0.1) is 12.6 Å². The molecular weight excluding hydrogens is 204 g/mol. The summed E-state index contributed by atoms with van der Waals surface area (Å²) in [5, 5.41) is 8.00. The van der Waals surface area contributed by atoms with E-state index in [0.717, 1.165) is 11.5 Å². The van der Waals surface area contributed by atoms with Crippen LogP contribution in [0.4, 0.5) is 0 Å². The molecule has 0 fully saturated rings. The van der Waals surface area contributed by atoms with E-state index < -0.39 is 0 Å². The molecule has 0 aliphatic rings. The lowest BCUT2D eigenvalue weighted by molar-refractivity contribution is 0.162. The Labute approximate surface area is 94.1 Å². The maximum Gasteiger partial charge on any atom is 0.182 e. The minimum absolute atomic E-state index is 0.192. The zero-order chi connectivity index (χ0) is 11.4. The first-order valence-electron chi connectivity index (χ1n) is 5.12. The van der Waals surface area contributed by atoms with E-state index in [1.165, 1.54) is 0 Å². The van der Waals surface area contributed by atoms with E-state index in [1.807, 2.05) is 22.8 Å². The summed E-state index contributed by atoms with van der Waals surface area (Å²) in [7, 11) is 1.68. The van der Waals surface area contributed by atoms with E-state index >= 15 is 0 Å². The molecule has 5 heteroatoms. The van der Waals surface area contributed by atoms with Crippen molar-refractivity contribution in [3.63, 3.8) is 0 Å². The molecule has 0 aliphatic heterocycles. The lowest BCUT2D eigenvalue weighted by Gasteiger charge is -2.13. The Bertz CT molecular complexity index is 440. The van der Waals surface area contributed by atoms with Crippen LogP contribution in [0, 0.1) is 0 Å². The van der Waals surface area contributed by atoms with Crippen molar-refractivity contribution in [2.45, 2.75) is 13.0 Å². The van der Waals surface area contributed by atoms with Crippen LogP contribution in [-0.4, -0.2) is 33.5 Å². The summed E-state index contributed by atoms with van der Waals surface area (Å²) in [4.78, 5) is 4.26. The van der Waals surface area contributed by atoms with E-state index in [0.29, 0.717) is 6.61 Å². The zero-order valence-electron chi connectivity index (χ0n) is 9.37. The number of hydrogen-bond donors (Lipinski definition) is 0. The van der Waals surface area contributed by atoms with Crippen LogP contribution < -0.4 is 0 Å². The molecule has 2 rings (SSSR count). The maximum atomic E-state index is 5.12. The van der Waals surface area contributed by atoms with E-state index in [1.54, 1.807) is 19.6 Å². The lowest BCUT2D eigenvalue weighted by Crippen LogP contribution is -2.11. The zero-order valence-corrected chi connectivity index (χ0v) is 9.37. The molecule has 0 saturated carbocycles. The predicted octanol–water partition coefficient (Wildman–Crippen LogP) is 1.55. The van der Waals surface area contributed by atoms with Crippen LogP contribution in [0.3, 0.4) is 0 Å². The van der Waals surface area contributed by atoms with Crippen molar-refractivity contribution in [1.82, 2.24) is 19.7 Å². The predicted molar refractivity (Wildman–Crippen MR) is 59.8 cm³/mol. The summed E-state index contributed by atoms with van der Waals surface area (Å²) < 4.78 is 7.09. The van der Waals surface area contributed by atoms with Crippen LogP contribution >= 0.6 is 0 Å². The number of rotatable bonds is 4. The Morgan fingerprint density at radius 1 is 1.44 bits per heavy atom. The Kier molecular flexibility index (Phi) is 3.26. The highest BCUT2D eigenvalue weighted by molar-refractivity contribution is 5.48. The second kappa shape index (κ2) is 4.85. The molecule has 0 spiro atoms. The molecule has 2 heterocycles. The van der Waals surface area contributed by atoms with Crippen molar-refractivity contribution in [2.75, 3.05) is 13.7 Å². The van der Waals surface area contributed by atoms with Crippen molar-refractivity contribution in [2.24, 2.45) is 0 Å². The van der Waals surface area contributed by atoms with Gasteiger partial charge in [-0.3, -0.25) is 4.98 Å². The average molecular weight is 218 g/mol. The molecule has 16 heavy (non-hydrogen) atoms. The van der Waals surface area contributed by atoms with Crippen LogP contribution in [0.25, 0.3) is 11.5 Å². The minimum Gasteiger partial charge on any atom is -0.383 e. The Hall–Kier alpha value is -1.75. The van der Waals surface area contributed by atoms with Crippen molar-refractivity contribution in [3.05, 3.63) is 30.7 Å². The van der Waals surface area contributed by atoms with Gasteiger partial charge in [0, 0.05) is 13.3 Å². The fraction of sp³-hybridized carbons (Fsp3) is 0.364. The topological polar surface area (TPSA) is 52.8 Å². The van der Waals surface area contributed by atoms with Crippen LogP contribution in [0.2, 0.25) is 0 Å². The third-order valence-corrected chi connectivity index (χ3v) is 2.35. The van der Waals surface area contributed by atoms with Gasteiger partial charge in [0.15, 0.2) is 5.82 Å². The number of ether oxygens (including phenoxy) is 1. The van der Waals surface area contributed by atoms with E-state index in [9.17, 15) is 0 Å². The summed E-state index contributed by atoms with van der Waals surface area (Å²) in [5.74, 6) is 0.769. The first-order chi connectivity index (χ1) is 7.83. The second-order valence-corrected chi connectivity index (χ2v) is 3.58. The molecule has 0 amide bonds. The molecule has 2 aromatic rings. The third kappa shape index (κ3) is 2.09. The summed E-state index contributed by atoms with van der Waals surface area (Å²) in [6.07, 6.45) is 3.45. The van der Waals surface area contributed by atoms with Crippen molar-refractivity contribution >= 4 is 0 Å². The fourth-order valence-corrected chi connectivity index (χ4v) is 1.57. The van der Waals surface area contributed by atoms with Crippen LogP contribution in [-0.2, 0) is 4.74 Å². The molecular formula is C11H14N4O. The molecule has 1 atom stereocenters. The third-order valence-electron chi connectivity index (χ3n) is 2.35. The first kappa shape index (κ1) is 10.8. The summed E-state index contributed by atoms with van der Waals surface area (Å²) >= 11 is 0. The molecule has 0 saturated heterocycles. The normalized spacial score (nSPS) is 12.6. The number of methoxy groups -OCH3 is 1. The van der Waals surface area contributed by atoms with Gasteiger partial charge in [-0.25, -0.2) is 0 Å². The largest absolute Gasteiger partial charge is 0.383 e. The van der Waals surface area contributed by atoms with E-state index in [2.05, 4.69) is 22.1 Å². The van der Waals surface area contributed by atoms with Gasteiger partial charge >= 0.3 is 0 Å². The Morgan fingerprint density at radius 3 is 3.00 bits per heavy atom. The molecule has 0 N–H and O–H groups in total. The van der Waals surface area contributed by atoms with Crippen molar-refractivity contribution < 1.29 is 4.74 Å². The van der Waals surface area contributed by atoms with Crippen molar-refractivity contribution in [1.29, 1.82) is 0 Å². The van der Waals surface area contributed by atoms with Gasteiger partial charge < -0.3 is 9.30 Å². The molecule has 5 nitrogen and oxygen atoms in total. The van der Waals surface area contributed by atoms with Gasteiger partial charge in [-0.05, 0) is 19.1 Å². The van der Waals surface area contributed by atoms with Gasteiger partial charge in [0.2, 0.25) is 0 Å². The number of hydrogen-bond acceptors (Lipinski definition) is 4. The highest BCUT2D eigenvalue weighted by atomic mass is 16.5. The van der Waals surface area contributed by atoms with Crippen LogP contribution in [0.15, 0.2) is 30.7 Å². The SMILES string of the molecule is COCC(C)n1cnnc1-c1ccccn1. The first-order valence-corrected chi connectivity index (χ1v) is 5.12. The smallest absolute Gasteiger partial charge is 0.182 e. The number of nitrogens with zero attached hydrogens (tertiary/aromatic N) is 4. The minimum atomic E-state index is 0.192. The highest BCUT2D eigenvalue weighted by Gasteiger charge is 2.12. The molecule has 84 valence electrons.